The van der Waals surface area contributed by atoms with Crippen molar-refractivity contribution >= 4 is 35.0 Å². The van der Waals surface area contributed by atoms with Gasteiger partial charge < -0.3 is 35.4 Å². The third-order valence-corrected chi connectivity index (χ3v) is 11.2. The van der Waals surface area contributed by atoms with E-state index in [-0.39, 0.29) is 30.6 Å². The number of thioether (sulfide) groups is 1. The summed E-state index contributed by atoms with van der Waals surface area (Å²) >= 11 is 1.52. The molecule has 7 rings (SSSR count). The lowest BCUT2D eigenvalue weighted by Crippen LogP contribution is -2.31. The lowest BCUT2D eigenvalue weighted by Gasteiger charge is -2.36. The van der Waals surface area contributed by atoms with Crippen LogP contribution in [-0.4, -0.2) is 33.8 Å². The monoisotopic (exact) mass is 810 g/mol. The molecular weight excluding hydrogens is 761 g/mol. The fourth-order valence-corrected chi connectivity index (χ4v) is 7.80. The lowest BCUT2D eigenvalue weighted by molar-refractivity contribution is -0.245. The predicted molar refractivity (Wildman–Crippen MR) is 232 cm³/mol. The number of aliphatic hydroxyl groups excluding tert-OH is 1. The fraction of sp³-hybridized carbons (Fsp3) is 0.271. The Morgan fingerprint density at radius 2 is 1.34 bits per heavy atom. The van der Waals surface area contributed by atoms with Crippen LogP contribution in [0.3, 0.4) is 0 Å². The van der Waals surface area contributed by atoms with Gasteiger partial charge in [0.2, 0.25) is 11.8 Å². The molecule has 1 aromatic heterocycles. The minimum atomic E-state index is -0.618. The van der Waals surface area contributed by atoms with Gasteiger partial charge in [0.1, 0.15) is 5.69 Å². The second-order valence-corrected chi connectivity index (χ2v) is 15.6. The Balaban J connectivity index is 0.923. The Kier molecular flexibility index (Phi) is 14.6. The van der Waals surface area contributed by atoms with Crippen LogP contribution in [0.2, 0.25) is 0 Å². The Morgan fingerprint density at radius 1 is 0.712 bits per heavy atom. The smallest absolute Gasteiger partial charge is 0.256 e. The molecule has 5 aromatic carbocycles. The van der Waals surface area contributed by atoms with Crippen LogP contribution >= 0.6 is 11.8 Å². The van der Waals surface area contributed by atoms with Crippen molar-refractivity contribution in [1.29, 1.82) is 0 Å². The number of ether oxygens (including phenoxy) is 2. The molecule has 10 nitrogen and oxygen atoms in total. The van der Waals surface area contributed by atoms with Crippen molar-refractivity contribution < 1.29 is 28.6 Å². The average Bonchev–Trinajstić information content (AvgIpc) is 3.72. The maximum atomic E-state index is 12.6. The number of aromatic nitrogens is 1. The van der Waals surface area contributed by atoms with E-state index in [1.54, 1.807) is 12.1 Å². The highest BCUT2D eigenvalue weighted by molar-refractivity contribution is 7.99. The second-order valence-electron chi connectivity index (χ2n) is 14.6. The molecule has 0 saturated carbocycles. The molecule has 1 saturated heterocycles. The van der Waals surface area contributed by atoms with Crippen LogP contribution in [0.25, 0.3) is 22.6 Å². The largest absolute Gasteiger partial charge is 0.431 e. The van der Waals surface area contributed by atoms with Gasteiger partial charge >= 0.3 is 0 Å². The summed E-state index contributed by atoms with van der Waals surface area (Å²) in [4.78, 5) is 29.8. The van der Waals surface area contributed by atoms with E-state index in [4.69, 9.17) is 24.6 Å². The number of hydrogen-bond acceptors (Lipinski definition) is 9. The summed E-state index contributed by atoms with van der Waals surface area (Å²) in [7, 11) is 0. The maximum Gasteiger partial charge on any atom is 0.256 e. The molecule has 3 unspecified atom stereocenters. The molecule has 0 bridgehead atoms. The number of oxazole rings is 1. The quantitative estimate of drug-likeness (QED) is 0.0378. The normalized spacial score (nSPS) is 16.4. The van der Waals surface area contributed by atoms with Crippen molar-refractivity contribution in [1.82, 2.24) is 10.3 Å². The van der Waals surface area contributed by atoms with E-state index in [2.05, 4.69) is 10.6 Å². The van der Waals surface area contributed by atoms with E-state index >= 15 is 0 Å². The number of unbranched alkanes of at least 4 members (excludes halogenated alkanes) is 3. The van der Waals surface area contributed by atoms with Gasteiger partial charge in [-0.15, -0.1) is 0 Å². The molecule has 6 aromatic rings. The third kappa shape index (κ3) is 11.7. The summed E-state index contributed by atoms with van der Waals surface area (Å²) in [6, 6.07) is 43.1. The highest BCUT2D eigenvalue weighted by atomic mass is 32.2. The Hall–Kier alpha value is -5.72. The Bertz CT molecular complexity index is 2190. The summed E-state index contributed by atoms with van der Waals surface area (Å²) < 4.78 is 19.6. The number of nitrogens with two attached hydrogens (primary N) is 1. The number of nitrogens with one attached hydrogen (secondary N) is 2. The lowest BCUT2D eigenvalue weighted by atomic mass is 10.0. The molecule has 5 N–H and O–H groups in total. The number of anilines is 2. The number of rotatable bonds is 18. The number of carbonyl (C=O) groups is 2. The van der Waals surface area contributed by atoms with E-state index < -0.39 is 6.29 Å². The number of hydrogen-bond donors (Lipinski definition) is 4. The predicted octanol–water partition coefficient (Wildman–Crippen LogP) is 10.0. The summed E-state index contributed by atoms with van der Waals surface area (Å²) in [6.45, 7) is 0.392. The van der Waals surface area contributed by atoms with Crippen molar-refractivity contribution in [2.75, 3.05) is 16.8 Å². The van der Waals surface area contributed by atoms with E-state index in [1.807, 2.05) is 121 Å². The zero-order chi connectivity index (χ0) is 40.8. The first-order valence-corrected chi connectivity index (χ1v) is 21.2. The summed E-state index contributed by atoms with van der Waals surface area (Å²) in [5, 5.41) is 16.1. The van der Waals surface area contributed by atoms with Gasteiger partial charge in [0, 0.05) is 48.3 Å². The van der Waals surface area contributed by atoms with Gasteiger partial charge in [-0.1, -0.05) is 146 Å². The van der Waals surface area contributed by atoms with Crippen molar-refractivity contribution in [3.8, 4) is 22.6 Å². The van der Waals surface area contributed by atoms with Crippen molar-refractivity contribution in [3.05, 3.63) is 156 Å². The summed E-state index contributed by atoms with van der Waals surface area (Å²) in [6.07, 6.45) is 3.70. The van der Waals surface area contributed by atoms with Crippen LogP contribution in [-0.2, 0) is 32.2 Å². The Morgan fingerprint density at radius 3 is 2.03 bits per heavy atom. The van der Waals surface area contributed by atoms with E-state index in [0.717, 1.165) is 70.5 Å². The van der Waals surface area contributed by atoms with Crippen LogP contribution in [0, 0.1) is 0 Å². The molecule has 2 amide bonds. The molecule has 1 aliphatic rings. The van der Waals surface area contributed by atoms with Crippen molar-refractivity contribution in [2.45, 2.75) is 81.8 Å². The second kappa shape index (κ2) is 20.8. The first kappa shape index (κ1) is 41.4. The third-order valence-electron chi connectivity index (χ3n) is 10.2. The highest BCUT2D eigenvalue weighted by Crippen LogP contribution is 2.41. The number of carbonyl (C=O) groups excluding carboxylic acids is 2. The Labute approximate surface area is 349 Å². The number of nitrogens with zero attached hydrogens (tertiary/aromatic N) is 1. The minimum Gasteiger partial charge on any atom is -0.431 e. The molecule has 2 heterocycles. The number of benzene rings is 5. The number of amides is 2. The topological polar surface area (TPSA) is 149 Å². The zero-order valence-corrected chi connectivity index (χ0v) is 33.7. The molecule has 0 aliphatic carbocycles. The number of nitrogen functional groups attached to an aromatic ring is 1. The average molecular weight is 811 g/mol. The molecule has 1 aliphatic heterocycles. The van der Waals surface area contributed by atoms with E-state index in [9.17, 15) is 14.7 Å². The maximum absolute atomic E-state index is 12.6. The molecule has 0 spiro atoms. The van der Waals surface area contributed by atoms with Gasteiger partial charge in [-0.3, -0.25) is 9.59 Å². The number of aliphatic hydroxyl groups is 1. The standard InChI is InChI=1S/C48H50N4O6S/c49-40-17-11-12-18-41(40)51-44(55)20-10-2-1-9-19-43(54)50-30-33-21-27-38(28-22-33)47-56-39(29-42(57-47)35-25-23-34(31-53)24-26-35)32-59-48-52-45(36-13-5-3-6-14-36)46(58-48)37-15-7-4-8-16-37/h3-8,11-18,21-28,39,42,47,53H,1-2,9-10,19-20,29-32,49H2,(H,50,54)(H,51,55). The van der Waals surface area contributed by atoms with Gasteiger partial charge in [-0.2, -0.15) is 0 Å². The molecule has 59 heavy (non-hydrogen) atoms. The van der Waals surface area contributed by atoms with Crippen LogP contribution in [0.4, 0.5) is 11.4 Å². The van der Waals surface area contributed by atoms with Gasteiger partial charge in [-0.05, 0) is 41.7 Å². The van der Waals surface area contributed by atoms with Gasteiger partial charge in [-0.25, -0.2) is 4.98 Å². The highest BCUT2D eigenvalue weighted by Gasteiger charge is 2.33. The van der Waals surface area contributed by atoms with Crippen molar-refractivity contribution in [3.63, 3.8) is 0 Å². The first-order chi connectivity index (χ1) is 28.9. The SMILES string of the molecule is Nc1ccccc1NC(=O)CCCCCCC(=O)NCc1ccc(C2OC(CSc3nc(-c4ccccc4)c(-c4ccccc4)o3)CC(c3ccc(CO)cc3)O2)cc1. The van der Waals surface area contributed by atoms with Crippen LogP contribution in [0.15, 0.2) is 143 Å². The van der Waals surface area contributed by atoms with Crippen LogP contribution in [0.1, 0.15) is 79.6 Å². The van der Waals surface area contributed by atoms with Gasteiger partial charge in [0.05, 0.1) is 30.2 Å². The fourth-order valence-electron chi connectivity index (χ4n) is 6.96. The van der Waals surface area contributed by atoms with Crippen LogP contribution < -0.4 is 16.4 Å². The molecule has 304 valence electrons. The molecule has 1 fully saturated rings. The summed E-state index contributed by atoms with van der Waals surface area (Å²) in [5.74, 6) is 1.27. The zero-order valence-electron chi connectivity index (χ0n) is 32.9. The van der Waals surface area contributed by atoms with Crippen molar-refractivity contribution in [2.24, 2.45) is 0 Å². The van der Waals surface area contributed by atoms with Gasteiger partial charge in [0.25, 0.3) is 5.22 Å². The minimum absolute atomic E-state index is 0.00135. The van der Waals surface area contributed by atoms with E-state index in [0.29, 0.717) is 48.2 Å². The van der Waals surface area contributed by atoms with Gasteiger partial charge in [0.15, 0.2) is 12.1 Å². The molecule has 0 radical (unpaired) electrons. The molecule has 3 atom stereocenters. The number of para-hydroxylation sites is 2. The van der Waals surface area contributed by atoms with E-state index in [1.165, 1.54) is 11.8 Å². The first-order valence-electron chi connectivity index (χ1n) is 20.2. The molecule has 11 heteroatoms. The van der Waals surface area contributed by atoms with Crippen LogP contribution in [0.5, 0.6) is 0 Å². The summed E-state index contributed by atoms with van der Waals surface area (Å²) in [5.41, 5.74) is 13.5. The molecular formula is C48H50N4O6S.